The number of carbonyl (C=O) groups excluding carboxylic acids is 1. The lowest BCUT2D eigenvalue weighted by Crippen LogP contribution is -2.36. The molecule has 4 aromatic rings. The van der Waals surface area contributed by atoms with Crippen molar-refractivity contribution in [1.82, 2.24) is 19.9 Å². The van der Waals surface area contributed by atoms with E-state index >= 15 is 0 Å². The number of nitrogens with zero attached hydrogens (tertiary/aromatic N) is 6. The van der Waals surface area contributed by atoms with Crippen molar-refractivity contribution in [2.24, 2.45) is 5.92 Å². The number of piperidine rings is 1. The highest BCUT2D eigenvalue weighted by atomic mass is 35.5. The van der Waals surface area contributed by atoms with Crippen molar-refractivity contribution in [1.29, 1.82) is 0 Å². The zero-order valence-corrected chi connectivity index (χ0v) is 25.1. The van der Waals surface area contributed by atoms with Gasteiger partial charge in [0.15, 0.2) is 11.6 Å². The molecule has 1 saturated heterocycles. The molecule has 4 heterocycles. The lowest BCUT2D eigenvalue weighted by molar-refractivity contribution is 0.0900. The minimum atomic E-state index is -0.0748. The molecule has 1 fully saturated rings. The van der Waals surface area contributed by atoms with Gasteiger partial charge in [-0.05, 0) is 49.2 Å². The van der Waals surface area contributed by atoms with Gasteiger partial charge in [-0.15, -0.1) is 0 Å². The summed E-state index contributed by atoms with van der Waals surface area (Å²) >= 11 is 12.3. The highest BCUT2D eigenvalue weighted by molar-refractivity contribution is 6.39. The summed E-state index contributed by atoms with van der Waals surface area (Å²) in [6.07, 6.45) is 6.00. The lowest BCUT2D eigenvalue weighted by Gasteiger charge is -2.33. The van der Waals surface area contributed by atoms with E-state index in [0.717, 1.165) is 79.7 Å². The number of hydrogen-bond acceptors (Lipinski definition) is 9. The third-order valence-corrected chi connectivity index (χ3v) is 8.65. The molecule has 2 aliphatic heterocycles. The Morgan fingerprint density at radius 2 is 1.76 bits per heavy atom. The fraction of sp³-hybridized carbons (Fsp3) is 0.333. The van der Waals surface area contributed by atoms with Crippen molar-refractivity contribution >= 4 is 63.5 Å². The molecule has 0 radical (unpaired) electrons. The number of fused-ring (bicyclic) bond motifs is 1. The number of H-pyrrole nitrogens is 1. The average Bonchev–Trinajstić information content (AvgIpc) is 3.48. The number of carbonyl (C=O) groups is 1. The maximum Gasteiger partial charge on any atom is 0.229 e. The first kappa shape index (κ1) is 28.1. The van der Waals surface area contributed by atoms with Gasteiger partial charge in [0, 0.05) is 63.0 Å². The molecule has 0 unspecified atom stereocenters. The van der Waals surface area contributed by atoms with Crippen molar-refractivity contribution < 1.29 is 4.79 Å². The van der Waals surface area contributed by atoms with E-state index in [4.69, 9.17) is 33.9 Å². The number of halogens is 2. The highest BCUT2D eigenvalue weighted by Crippen LogP contribution is 2.33. The molecule has 10 nitrogen and oxygen atoms in total. The van der Waals surface area contributed by atoms with Crippen molar-refractivity contribution in [3.05, 3.63) is 75.9 Å². The molecule has 42 heavy (non-hydrogen) atoms. The molecule has 4 N–H and O–H groups in total. The number of nitrogen functional groups attached to an aromatic ring is 1. The van der Waals surface area contributed by atoms with Gasteiger partial charge >= 0.3 is 0 Å². The maximum atomic E-state index is 13.1. The van der Waals surface area contributed by atoms with E-state index in [2.05, 4.69) is 42.2 Å². The molecule has 0 amide bonds. The zero-order chi connectivity index (χ0) is 29.4. The number of ketones is 1. The minimum Gasteiger partial charge on any atom is -0.396 e. The quantitative estimate of drug-likeness (QED) is 0.184. The van der Waals surface area contributed by atoms with Gasteiger partial charge in [0.1, 0.15) is 0 Å². The van der Waals surface area contributed by atoms with Crippen LogP contribution in [0.15, 0.2) is 48.9 Å². The van der Waals surface area contributed by atoms with E-state index in [1.54, 1.807) is 18.5 Å². The van der Waals surface area contributed by atoms with Gasteiger partial charge in [-0.1, -0.05) is 23.2 Å². The second kappa shape index (κ2) is 11.7. The van der Waals surface area contributed by atoms with Crippen LogP contribution in [-0.2, 0) is 13.0 Å². The van der Waals surface area contributed by atoms with E-state index < -0.39 is 0 Å². The van der Waals surface area contributed by atoms with Gasteiger partial charge in [-0.2, -0.15) is 4.98 Å². The van der Waals surface area contributed by atoms with Crippen LogP contribution in [0.2, 0.25) is 10.0 Å². The highest BCUT2D eigenvalue weighted by Gasteiger charge is 2.27. The lowest BCUT2D eigenvalue weighted by atomic mass is 9.88. The van der Waals surface area contributed by atoms with Crippen LogP contribution in [0.25, 0.3) is 0 Å². The summed E-state index contributed by atoms with van der Waals surface area (Å²) in [4.78, 5) is 36.9. The van der Waals surface area contributed by atoms with Crippen molar-refractivity contribution in [3.8, 4) is 0 Å². The zero-order valence-electron chi connectivity index (χ0n) is 23.6. The second-order valence-corrected chi connectivity index (χ2v) is 11.8. The van der Waals surface area contributed by atoms with Crippen LogP contribution in [-0.4, -0.2) is 59.4 Å². The van der Waals surface area contributed by atoms with Crippen LogP contribution in [0.3, 0.4) is 0 Å². The number of hydrogen-bond donors (Lipinski definition) is 3. The van der Waals surface area contributed by atoms with E-state index in [-0.39, 0.29) is 11.7 Å². The van der Waals surface area contributed by atoms with Gasteiger partial charge in [0.05, 0.1) is 51.9 Å². The molecule has 12 heteroatoms. The molecular weight excluding hydrogens is 573 g/mol. The third kappa shape index (κ3) is 5.69. The Morgan fingerprint density at radius 1 is 1.05 bits per heavy atom. The smallest absolute Gasteiger partial charge is 0.229 e. The number of aromatic amines is 1. The summed E-state index contributed by atoms with van der Waals surface area (Å²) in [7, 11) is 4.00. The van der Waals surface area contributed by atoms with Gasteiger partial charge in [-0.25, -0.2) is 9.97 Å². The van der Waals surface area contributed by atoms with E-state index in [1.165, 1.54) is 0 Å². The number of Topliss-reactive ketones (excluding diaryl/α,β-unsaturated/α-hetero) is 1. The van der Waals surface area contributed by atoms with Crippen molar-refractivity contribution in [3.63, 3.8) is 0 Å². The molecule has 0 aliphatic carbocycles. The summed E-state index contributed by atoms with van der Waals surface area (Å²) in [6, 6.07) is 11.5. The van der Waals surface area contributed by atoms with Crippen LogP contribution >= 0.6 is 23.2 Å². The first-order chi connectivity index (χ1) is 20.3. The standard InChI is InChI=1S/C30H33Cl2N9O/c1-39(2)26-15-34-30(38-29(26)41-12-9-24-25(16-41)36-17-35-24)37-20-3-5-21(6-4-20)40-10-7-18(8-11-40)28(42)19-13-22(31)27(33)23(32)14-19/h3-6,13-15,17-18H,7-12,16,33H2,1-2H3,(H,35,36)(H,34,37,38). The van der Waals surface area contributed by atoms with Crippen molar-refractivity contribution in [2.45, 2.75) is 25.8 Å². The summed E-state index contributed by atoms with van der Waals surface area (Å²) in [5.74, 6) is 1.41. The normalized spacial score (nSPS) is 15.4. The number of nitrogens with one attached hydrogen (secondary N) is 2. The first-order valence-electron chi connectivity index (χ1n) is 14.0. The van der Waals surface area contributed by atoms with Crippen LogP contribution in [0.5, 0.6) is 0 Å². The van der Waals surface area contributed by atoms with Crippen molar-refractivity contribution in [2.75, 3.05) is 59.5 Å². The Labute approximate surface area is 254 Å². The number of anilines is 6. The van der Waals surface area contributed by atoms with Crippen LogP contribution in [0.1, 0.15) is 34.6 Å². The van der Waals surface area contributed by atoms with E-state index in [9.17, 15) is 4.79 Å². The summed E-state index contributed by atoms with van der Waals surface area (Å²) in [5, 5.41) is 3.99. The Balaban J connectivity index is 1.10. The number of nitrogens with two attached hydrogens (primary N) is 1. The number of rotatable bonds is 7. The largest absolute Gasteiger partial charge is 0.396 e. The molecule has 0 atom stereocenters. The first-order valence-corrected chi connectivity index (χ1v) is 14.7. The topological polar surface area (TPSA) is 119 Å². The third-order valence-electron chi connectivity index (χ3n) is 8.02. The van der Waals surface area contributed by atoms with Crippen LogP contribution in [0, 0.1) is 5.92 Å². The van der Waals surface area contributed by atoms with Gasteiger partial charge in [0.2, 0.25) is 5.95 Å². The molecular formula is C30H33Cl2N9O. The fourth-order valence-electron chi connectivity index (χ4n) is 5.61. The summed E-state index contributed by atoms with van der Waals surface area (Å²) in [6.45, 7) is 3.14. The summed E-state index contributed by atoms with van der Waals surface area (Å²) < 4.78 is 0. The predicted octanol–water partition coefficient (Wildman–Crippen LogP) is 5.56. The number of aromatic nitrogens is 4. The second-order valence-electron chi connectivity index (χ2n) is 10.9. The fourth-order valence-corrected chi connectivity index (χ4v) is 6.10. The molecule has 6 rings (SSSR count). The molecule has 2 aliphatic rings. The molecule has 2 aromatic carbocycles. The predicted molar refractivity (Wildman–Crippen MR) is 170 cm³/mol. The molecule has 0 spiro atoms. The summed E-state index contributed by atoms with van der Waals surface area (Å²) in [5.41, 5.74) is 11.9. The van der Waals surface area contributed by atoms with Crippen LogP contribution < -0.4 is 25.8 Å². The Kier molecular flexibility index (Phi) is 7.83. The van der Waals surface area contributed by atoms with E-state index in [1.807, 2.05) is 37.3 Å². The Bertz CT molecular complexity index is 1570. The molecule has 0 bridgehead atoms. The molecule has 0 saturated carbocycles. The maximum absolute atomic E-state index is 13.1. The van der Waals surface area contributed by atoms with Crippen LogP contribution in [0.4, 0.5) is 34.5 Å². The van der Waals surface area contributed by atoms with Gasteiger partial charge in [-0.3, -0.25) is 4.79 Å². The number of imidazole rings is 1. The minimum absolute atomic E-state index is 0.0622. The van der Waals surface area contributed by atoms with Gasteiger partial charge < -0.3 is 30.7 Å². The molecule has 218 valence electrons. The SMILES string of the molecule is CN(C)c1cnc(Nc2ccc(N3CCC(C(=O)c4cc(Cl)c(N)c(Cl)c4)CC3)cc2)nc1N1CCc2nc[nH]c2C1. The Morgan fingerprint density at radius 3 is 2.45 bits per heavy atom. The number of benzene rings is 2. The average molecular weight is 607 g/mol. The van der Waals surface area contributed by atoms with E-state index in [0.29, 0.717) is 27.2 Å². The Hall–Kier alpha value is -4.02. The van der Waals surface area contributed by atoms with Gasteiger partial charge in [0.25, 0.3) is 0 Å². The monoisotopic (exact) mass is 605 g/mol. The molecule has 2 aromatic heterocycles.